The third-order valence-corrected chi connectivity index (χ3v) is 6.32. The standard InChI is InChI=1S/C26H28N4O/c1-29-17-13-20(14-18-29)26(31)28-21-8-10-22(11-9-21)30-16-4-15-27-25-23-6-3-2-5-19(23)7-12-24(25)30/h2-12,16,20,27H,13-15,17-18H2,1H3,(H,28,31). The molecule has 2 N–H and O–H groups in total. The molecule has 5 rings (SSSR count). The molecule has 0 unspecified atom stereocenters. The number of rotatable bonds is 3. The van der Waals surface area contributed by atoms with Gasteiger partial charge in [-0.1, -0.05) is 30.3 Å². The molecular weight excluding hydrogens is 384 g/mol. The number of nitrogens with zero attached hydrogens (tertiary/aromatic N) is 2. The van der Waals surface area contributed by atoms with E-state index < -0.39 is 0 Å². The quantitative estimate of drug-likeness (QED) is 0.621. The van der Waals surface area contributed by atoms with E-state index in [4.69, 9.17) is 0 Å². The molecule has 2 aliphatic heterocycles. The van der Waals surface area contributed by atoms with Crippen LogP contribution in [0.15, 0.2) is 72.9 Å². The van der Waals surface area contributed by atoms with Gasteiger partial charge in [-0.15, -0.1) is 0 Å². The topological polar surface area (TPSA) is 47.6 Å². The summed E-state index contributed by atoms with van der Waals surface area (Å²) in [4.78, 5) is 17.1. The highest BCUT2D eigenvalue weighted by Gasteiger charge is 2.23. The lowest BCUT2D eigenvalue weighted by atomic mass is 9.96. The zero-order chi connectivity index (χ0) is 21.2. The van der Waals surface area contributed by atoms with Crippen LogP contribution in [0, 0.1) is 5.92 Å². The number of benzene rings is 3. The molecule has 0 spiro atoms. The van der Waals surface area contributed by atoms with Gasteiger partial charge < -0.3 is 20.4 Å². The highest BCUT2D eigenvalue weighted by molar-refractivity contribution is 6.02. The molecule has 158 valence electrons. The number of amides is 1. The zero-order valence-electron chi connectivity index (χ0n) is 17.8. The molecule has 0 aromatic heterocycles. The van der Waals surface area contributed by atoms with E-state index in [-0.39, 0.29) is 11.8 Å². The summed E-state index contributed by atoms with van der Waals surface area (Å²) in [6, 6.07) is 20.9. The summed E-state index contributed by atoms with van der Waals surface area (Å²) in [5.74, 6) is 0.243. The van der Waals surface area contributed by atoms with Crippen molar-refractivity contribution in [1.82, 2.24) is 4.90 Å². The average Bonchev–Trinajstić information content (AvgIpc) is 3.03. The summed E-state index contributed by atoms with van der Waals surface area (Å²) < 4.78 is 0. The number of piperidine rings is 1. The van der Waals surface area contributed by atoms with Gasteiger partial charge in [0.15, 0.2) is 0 Å². The van der Waals surface area contributed by atoms with Crippen LogP contribution in [0.3, 0.4) is 0 Å². The van der Waals surface area contributed by atoms with Crippen LogP contribution in [0.25, 0.3) is 10.8 Å². The number of carbonyl (C=O) groups is 1. The molecule has 1 saturated heterocycles. The van der Waals surface area contributed by atoms with Crippen molar-refractivity contribution >= 4 is 39.4 Å². The molecule has 2 heterocycles. The minimum absolute atomic E-state index is 0.107. The van der Waals surface area contributed by atoms with Crippen LogP contribution in [-0.4, -0.2) is 37.5 Å². The van der Waals surface area contributed by atoms with Crippen molar-refractivity contribution in [2.24, 2.45) is 5.92 Å². The lowest BCUT2D eigenvalue weighted by molar-refractivity contribution is -0.121. The molecule has 3 aromatic carbocycles. The summed E-state index contributed by atoms with van der Waals surface area (Å²) in [5.41, 5.74) is 4.18. The molecule has 0 bridgehead atoms. The molecule has 0 aliphatic carbocycles. The maximum Gasteiger partial charge on any atom is 0.227 e. The molecule has 5 nitrogen and oxygen atoms in total. The normalized spacial score (nSPS) is 17.1. The Hall–Kier alpha value is -3.31. The van der Waals surface area contributed by atoms with Crippen LogP contribution in [0.5, 0.6) is 0 Å². The smallest absolute Gasteiger partial charge is 0.227 e. The van der Waals surface area contributed by atoms with Crippen LogP contribution in [0.1, 0.15) is 12.8 Å². The first-order valence-electron chi connectivity index (χ1n) is 11.0. The van der Waals surface area contributed by atoms with E-state index in [1.807, 2.05) is 12.1 Å². The second kappa shape index (κ2) is 8.44. The Morgan fingerprint density at radius 1 is 1.00 bits per heavy atom. The second-order valence-electron chi connectivity index (χ2n) is 8.43. The number of hydrogen-bond acceptors (Lipinski definition) is 4. The molecule has 3 aromatic rings. The monoisotopic (exact) mass is 412 g/mol. The largest absolute Gasteiger partial charge is 0.379 e. The molecule has 1 fully saturated rings. The Kier molecular flexibility index (Phi) is 5.35. The van der Waals surface area contributed by atoms with Gasteiger partial charge in [-0.25, -0.2) is 0 Å². The molecule has 0 saturated carbocycles. The number of fused-ring (bicyclic) bond motifs is 3. The Balaban J connectivity index is 1.37. The molecule has 5 heteroatoms. The number of hydrogen-bond donors (Lipinski definition) is 2. The van der Waals surface area contributed by atoms with Crippen molar-refractivity contribution in [3.8, 4) is 0 Å². The van der Waals surface area contributed by atoms with Crippen molar-refractivity contribution in [3.05, 3.63) is 72.9 Å². The van der Waals surface area contributed by atoms with Gasteiger partial charge in [-0.05, 0) is 74.8 Å². The fraction of sp³-hybridized carbons (Fsp3) is 0.269. The van der Waals surface area contributed by atoms with E-state index in [9.17, 15) is 4.79 Å². The van der Waals surface area contributed by atoms with Gasteiger partial charge in [0, 0.05) is 35.4 Å². The predicted molar refractivity (Wildman–Crippen MR) is 129 cm³/mol. The summed E-state index contributed by atoms with van der Waals surface area (Å²) in [7, 11) is 2.11. The van der Waals surface area contributed by atoms with Crippen LogP contribution < -0.4 is 15.5 Å². The van der Waals surface area contributed by atoms with E-state index in [0.29, 0.717) is 0 Å². The Morgan fingerprint density at radius 2 is 1.77 bits per heavy atom. The summed E-state index contributed by atoms with van der Waals surface area (Å²) in [5, 5.41) is 9.10. The highest BCUT2D eigenvalue weighted by atomic mass is 16.1. The van der Waals surface area contributed by atoms with Gasteiger partial charge >= 0.3 is 0 Å². The van der Waals surface area contributed by atoms with Crippen molar-refractivity contribution < 1.29 is 4.79 Å². The van der Waals surface area contributed by atoms with Crippen LogP contribution >= 0.6 is 0 Å². The summed E-state index contributed by atoms with van der Waals surface area (Å²) in [6.45, 7) is 2.75. The fourth-order valence-corrected chi connectivity index (χ4v) is 4.49. The molecule has 0 radical (unpaired) electrons. The minimum atomic E-state index is 0.107. The number of carbonyl (C=O) groups excluding carboxylic acids is 1. The first kappa shape index (κ1) is 19.6. The number of nitrogens with one attached hydrogen (secondary N) is 2. The Bertz CT molecular complexity index is 1110. The third kappa shape index (κ3) is 4.01. The van der Waals surface area contributed by atoms with Crippen molar-refractivity contribution in [2.75, 3.05) is 42.2 Å². The molecule has 2 aliphatic rings. The van der Waals surface area contributed by atoms with Gasteiger partial charge in [0.2, 0.25) is 5.91 Å². The minimum Gasteiger partial charge on any atom is -0.379 e. The molecule has 0 atom stereocenters. The first-order chi connectivity index (χ1) is 15.2. The first-order valence-corrected chi connectivity index (χ1v) is 11.0. The van der Waals surface area contributed by atoms with Crippen LogP contribution in [0.2, 0.25) is 0 Å². The lowest BCUT2D eigenvalue weighted by Gasteiger charge is -2.28. The second-order valence-corrected chi connectivity index (χ2v) is 8.43. The van der Waals surface area contributed by atoms with E-state index in [0.717, 1.165) is 55.2 Å². The van der Waals surface area contributed by atoms with Gasteiger partial charge in [0.05, 0.1) is 11.4 Å². The van der Waals surface area contributed by atoms with Gasteiger partial charge in [0.1, 0.15) is 0 Å². The third-order valence-electron chi connectivity index (χ3n) is 6.32. The SMILES string of the molecule is CN1CCC(C(=O)Nc2ccc(N3C=CCNc4c3ccc3ccccc43)cc2)CC1. The number of anilines is 4. The Morgan fingerprint density at radius 3 is 2.58 bits per heavy atom. The van der Waals surface area contributed by atoms with E-state index in [1.165, 1.54) is 10.8 Å². The van der Waals surface area contributed by atoms with Gasteiger partial charge in [-0.2, -0.15) is 0 Å². The zero-order valence-corrected chi connectivity index (χ0v) is 17.8. The van der Waals surface area contributed by atoms with Crippen LogP contribution in [0.4, 0.5) is 22.7 Å². The van der Waals surface area contributed by atoms with Crippen LogP contribution in [-0.2, 0) is 4.79 Å². The van der Waals surface area contributed by atoms with Crippen molar-refractivity contribution in [1.29, 1.82) is 0 Å². The number of likely N-dealkylation sites (tertiary alicyclic amines) is 1. The van der Waals surface area contributed by atoms with E-state index >= 15 is 0 Å². The van der Waals surface area contributed by atoms with Crippen molar-refractivity contribution in [3.63, 3.8) is 0 Å². The van der Waals surface area contributed by atoms with Gasteiger partial charge in [-0.3, -0.25) is 4.79 Å². The van der Waals surface area contributed by atoms with E-state index in [1.54, 1.807) is 0 Å². The fourth-order valence-electron chi connectivity index (χ4n) is 4.49. The van der Waals surface area contributed by atoms with Gasteiger partial charge in [0.25, 0.3) is 0 Å². The summed E-state index contributed by atoms with van der Waals surface area (Å²) >= 11 is 0. The maximum atomic E-state index is 12.6. The van der Waals surface area contributed by atoms with Crippen molar-refractivity contribution in [2.45, 2.75) is 12.8 Å². The highest BCUT2D eigenvalue weighted by Crippen LogP contribution is 2.39. The predicted octanol–water partition coefficient (Wildman–Crippen LogP) is 5.20. The summed E-state index contributed by atoms with van der Waals surface area (Å²) in [6.07, 6.45) is 6.09. The lowest BCUT2D eigenvalue weighted by Crippen LogP contribution is -2.35. The average molecular weight is 413 g/mol. The molecular formula is C26H28N4O. The maximum absolute atomic E-state index is 12.6. The molecule has 1 amide bonds. The molecule has 31 heavy (non-hydrogen) atoms. The van der Waals surface area contributed by atoms with E-state index in [2.05, 4.69) is 88.3 Å². The Labute approximate surface area is 183 Å².